The number of fused-ring (bicyclic) bond motifs is 1. The molecule has 1 amide bonds. The van der Waals surface area contributed by atoms with Crippen LogP contribution in [0, 0.1) is 19.8 Å². The van der Waals surface area contributed by atoms with Crippen LogP contribution in [0.15, 0.2) is 42.6 Å². The zero-order chi connectivity index (χ0) is 18.1. The maximum atomic E-state index is 12.6. The number of amides is 1. The summed E-state index contributed by atoms with van der Waals surface area (Å²) in [7, 11) is 0. The Kier molecular flexibility index (Phi) is 4.64. The van der Waals surface area contributed by atoms with E-state index >= 15 is 0 Å². The number of nitrogens with one attached hydrogen (secondary N) is 1. The van der Waals surface area contributed by atoms with E-state index in [1.165, 1.54) is 11.3 Å². The fourth-order valence-electron chi connectivity index (χ4n) is 3.92. The second-order valence-electron chi connectivity index (χ2n) is 7.35. The number of anilines is 2. The number of carbonyl (C=O) groups excluding carboxylic acids is 1. The highest BCUT2D eigenvalue weighted by Crippen LogP contribution is 2.35. The van der Waals surface area contributed by atoms with E-state index in [1.54, 1.807) is 6.20 Å². The van der Waals surface area contributed by atoms with Crippen molar-refractivity contribution < 1.29 is 9.53 Å². The summed E-state index contributed by atoms with van der Waals surface area (Å²) in [5.74, 6) is 0.403. The standard InChI is InChI=1S/C21H25N3O2/c1-14-5-7-17(8-6-14)24-11-9-16-12-19(26-20(16)13-24)21(25)23-18-4-3-10-22-15(18)2/h3-8,10,16,19-20H,9,11-13H2,1-2H3,(H,23,25)/t16-,19+,20+/m1/s1. The molecular weight excluding hydrogens is 326 g/mol. The van der Waals surface area contributed by atoms with E-state index in [1.807, 2.05) is 19.1 Å². The first kappa shape index (κ1) is 17.0. The molecule has 0 radical (unpaired) electrons. The van der Waals surface area contributed by atoms with Crippen molar-refractivity contribution >= 4 is 17.3 Å². The number of carbonyl (C=O) groups is 1. The molecule has 0 bridgehead atoms. The summed E-state index contributed by atoms with van der Waals surface area (Å²) in [5, 5.41) is 2.97. The van der Waals surface area contributed by atoms with Gasteiger partial charge in [0.05, 0.1) is 17.5 Å². The minimum Gasteiger partial charge on any atom is -0.369 e. The van der Waals surface area contributed by atoms with Crippen LogP contribution in [-0.2, 0) is 9.53 Å². The number of pyridine rings is 1. The monoisotopic (exact) mass is 351 g/mol. The van der Waals surface area contributed by atoms with Gasteiger partial charge in [0.25, 0.3) is 5.91 Å². The summed E-state index contributed by atoms with van der Waals surface area (Å²) in [6.45, 7) is 5.86. The van der Waals surface area contributed by atoms with Gasteiger partial charge in [-0.3, -0.25) is 9.78 Å². The van der Waals surface area contributed by atoms with E-state index in [0.717, 1.165) is 37.3 Å². The second-order valence-corrected chi connectivity index (χ2v) is 7.35. The summed E-state index contributed by atoms with van der Waals surface area (Å²) in [6.07, 6.45) is 3.34. The van der Waals surface area contributed by atoms with Crippen molar-refractivity contribution in [1.29, 1.82) is 0 Å². The lowest BCUT2D eigenvalue weighted by Crippen LogP contribution is -2.42. The minimum absolute atomic E-state index is 0.0580. The van der Waals surface area contributed by atoms with Gasteiger partial charge in [-0.15, -0.1) is 0 Å². The Morgan fingerprint density at radius 1 is 1.23 bits per heavy atom. The van der Waals surface area contributed by atoms with Gasteiger partial charge in [-0.25, -0.2) is 0 Å². The van der Waals surface area contributed by atoms with Crippen LogP contribution >= 0.6 is 0 Å². The zero-order valence-corrected chi connectivity index (χ0v) is 15.3. The smallest absolute Gasteiger partial charge is 0.253 e. The summed E-state index contributed by atoms with van der Waals surface area (Å²) in [4.78, 5) is 19.2. The molecule has 3 atom stereocenters. The average molecular weight is 351 g/mol. The first-order valence-electron chi connectivity index (χ1n) is 9.30. The number of rotatable bonds is 3. The highest BCUT2D eigenvalue weighted by Gasteiger charge is 2.42. The van der Waals surface area contributed by atoms with Gasteiger partial charge in [0.2, 0.25) is 0 Å². The predicted molar refractivity (Wildman–Crippen MR) is 102 cm³/mol. The van der Waals surface area contributed by atoms with Crippen molar-refractivity contribution in [3.8, 4) is 0 Å². The van der Waals surface area contributed by atoms with Crippen molar-refractivity contribution in [1.82, 2.24) is 4.98 Å². The normalized spacial score (nSPS) is 25.0. The van der Waals surface area contributed by atoms with Crippen LogP contribution in [0.2, 0.25) is 0 Å². The van der Waals surface area contributed by atoms with E-state index in [-0.39, 0.29) is 18.1 Å². The molecule has 0 saturated carbocycles. The van der Waals surface area contributed by atoms with Crippen LogP contribution < -0.4 is 10.2 Å². The largest absolute Gasteiger partial charge is 0.369 e. The molecule has 2 aromatic rings. The number of ether oxygens (including phenoxy) is 1. The fourth-order valence-corrected chi connectivity index (χ4v) is 3.92. The molecule has 1 N–H and O–H groups in total. The van der Waals surface area contributed by atoms with Crippen LogP contribution in [0.5, 0.6) is 0 Å². The fraction of sp³-hybridized carbons (Fsp3) is 0.429. The quantitative estimate of drug-likeness (QED) is 0.922. The Morgan fingerprint density at radius 2 is 2.04 bits per heavy atom. The maximum Gasteiger partial charge on any atom is 0.253 e. The Bertz CT molecular complexity index is 790. The molecule has 2 fully saturated rings. The molecule has 2 saturated heterocycles. The number of nitrogens with zero attached hydrogens (tertiary/aromatic N) is 2. The third kappa shape index (κ3) is 3.44. The minimum atomic E-state index is -0.373. The molecule has 0 spiro atoms. The highest BCUT2D eigenvalue weighted by atomic mass is 16.5. The molecule has 5 heteroatoms. The van der Waals surface area contributed by atoms with Crippen LogP contribution in [0.25, 0.3) is 0 Å². The molecule has 5 nitrogen and oxygen atoms in total. The van der Waals surface area contributed by atoms with Crippen molar-refractivity contribution in [3.63, 3.8) is 0 Å². The van der Waals surface area contributed by atoms with Crippen LogP contribution in [0.1, 0.15) is 24.1 Å². The van der Waals surface area contributed by atoms with E-state index in [9.17, 15) is 4.79 Å². The lowest BCUT2D eigenvalue weighted by atomic mass is 9.91. The topological polar surface area (TPSA) is 54.5 Å². The first-order valence-corrected chi connectivity index (χ1v) is 9.30. The number of aromatic nitrogens is 1. The Hall–Kier alpha value is -2.40. The Balaban J connectivity index is 1.39. The van der Waals surface area contributed by atoms with E-state index in [4.69, 9.17) is 4.74 Å². The van der Waals surface area contributed by atoms with Gasteiger partial charge in [-0.2, -0.15) is 0 Å². The summed E-state index contributed by atoms with van der Waals surface area (Å²) >= 11 is 0. The number of aryl methyl sites for hydroxylation is 2. The molecule has 0 unspecified atom stereocenters. The van der Waals surface area contributed by atoms with Gasteiger partial charge in [0, 0.05) is 25.0 Å². The highest BCUT2D eigenvalue weighted by molar-refractivity contribution is 5.94. The van der Waals surface area contributed by atoms with Gasteiger partial charge in [-0.1, -0.05) is 17.7 Å². The SMILES string of the molecule is Cc1ccc(N2CC[C@@H]3C[C@@H](C(=O)Nc4cccnc4C)O[C@H]3C2)cc1. The van der Waals surface area contributed by atoms with Crippen molar-refractivity contribution in [2.75, 3.05) is 23.3 Å². The molecule has 2 aliphatic rings. The molecule has 4 rings (SSSR count). The number of hydrogen-bond donors (Lipinski definition) is 1. The molecule has 1 aromatic carbocycles. The first-order chi connectivity index (χ1) is 12.6. The average Bonchev–Trinajstić information content (AvgIpc) is 3.07. The van der Waals surface area contributed by atoms with Crippen LogP contribution in [0.4, 0.5) is 11.4 Å². The Labute approximate surface area is 154 Å². The number of piperidine rings is 1. The Morgan fingerprint density at radius 3 is 2.81 bits per heavy atom. The zero-order valence-electron chi connectivity index (χ0n) is 15.3. The van der Waals surface area contributed by atoms with E-state index < -0.39 is 0 Å². The van der Waals surface area contributed by atoms with Gasteiger partial charge in [-0.05, 0) is 56.9 Å². The lowest BCUT2D eigenvalue weighted by molar-refractivity contribution is -0.126. The second kappa shape index (κ2) is 7.08. The molecule has 3 heterocycles. The third-order valence-electron chi connectivity index (χ3n) is 5.51. The number of benzene rings is 1. The number of hydrogen-bond acceptors (Lipinski definition) is 4. The lowest BCUT2D eigenvalue weighted by Gasteiger charge is -2.35. The van der Waals surface area contributed by atoms with Gasteiger partial charge >= 0.3 is 0 Å². The van der Waals surface area contributed by atoms with Crippen molar-refractivity contribution in [2.45, 2.75) is 38.9 Å². The van der Waals surface area contributed by atoms with E-state index in [2.05, 4.69) is 46.4 Å². The van der Waals surface area contributed by atoms with Gasteiger partial charge < -0.3 is 15.0 Å². The summed E-state index contributed by atoms with van der Waals surface area (Å²) in [6, 6.07) is 12.3. The molecule has 136 valence electrons. The maximum absolute atomic E-state index is 12.6. The van der Waals surface area contributed by atoms with E-state index in [0.29, 0.717) is 5.92 Å². The molecule has 2 aliphatic heterocycles. The predicted octanol–water partition coefficient (Wildman–Crippen LogP) is 3.32. The molecule has 26 heavy (non-hydrogen) atoms. The van der Waals surface area contributed by atoms with Crippen molar-refractivity contribution in [2.24, 2.45) is 5.92 Å². The summed E-state index contributed by atoms with van der Waals surface area (Å²) in [5.41, 5.74) is 4.08. The summed E-state index contributed by atoms with van der Waals surface area (Å²) < 4.78 is 6.14. The van der Waals surface area contributed by atoms with Gasteiger partial charge in [0.15, 0.2) is 0 Å². The third-order valence-corrected chi connectivity index (χ3v) is 5.51. The molecular formula is C21H25N3O2. The van der Waals surface area contributed by atoms with Crippen molar-refractivity contribution in [3.05, 3.63) is 53.9 Å². The molecule has 1 aromatic heterocycles. The van der Waals surface area contributed by atoms with Crippen LogP contribution in [0.3, 0.4) is 0 Å². The molecule has 0 aliphatic carbocycles. The van der Waals surface area contributed by atoms with Crippen LogP contribution in [-0.4, -0.2) is 36.2 Å². The van der Waals surface area contributed by atoms with Gasteiger partial charge in [0.1, 0.15) is 6.10 Å².